The molecule has 2 amide bonds. The number of hydrogen-bond acceptors (Lipinski definition) is 3. The summed E-state index contributed by atoms with van der Waals surface area (Å²) in [6.45, 7) is 0.395. The van der Waals surface area contributed by atoms with Crippen molar-refractivity contribution in [1.29, 1.82) is 0 Å². The van der Waals surface area contributed by atoms with Gasteiger partial charge in [-0.15, -0.1) is 11.8 Å². The zero-order valence-electron chi connectivity index (χ0n) is 21.5. The molecule has 0 radical (unpaired) electrons. The fourth-order valence-corrected chi connectivity index (χ4v) is 6.04. The predicted molar refractivity (Wildman–Crippen MR) is 160 cm³/mol. The van der Waals surface area contributed by atoms with Crippen LogP contribution in [0.3, 0.4) is 0 Å². The summed E-state index contributed by atoms with van der Waals surface area (Å²) in [5.41, 5.74) is 2.05. The number of thioether (sulfide) groups is 1. The molecule has 1 aliphatic carbocycles. The molecular formula is C31H34BrClN2O2S. The number of halogens is 2. The summed E-state index contributed by atoms with van der Waals surface area (Å²) >= 11 is 11.2. The van der Waals surface area contributed by atoms with E-state index < -0.39 is 6.04 Å². The topological polar surface area (TPSA) is 49.4 Å². The van der Waals surface area contributed by atoms with E-state index in [0.29, 0.717) is 24.4 Å². The summed E-state index contributed by atoms with van der Waals surface area (Å²) in [7, 11) is 0. The molecule has 200 valence electrons. The lowest BCUT2D eigenvalue weighted by atomic mass is 10.0. The van der Waals surface area contributed by atoms with E-state index in [1.807, 2.05) is 78.9 Å². The lowest BCUT2D eigenvalue weighted by Gasteiger charge is -2.32. The maximum Gasteiger partial charge on any atom is 0.243 e. The van der Waals surface area contributed by atoms with Crippen LogP contribution in [-0.4, -0.2) is 34.6 Å². The molecule has 0 unspecified atom stereocenters. The van der Waals surface area contributed by atoms with Crippen molar-refractivity contribution >= 4 is 51.1 Å². The highest BCUT2D eigenvalue weighted by molar-refractivity contribution is 9.10. The van der Waals surface area contributed by atoms with E-state index in [1.54, 1.807) is 16.7 Å². The van der Waals surface area contributed by atoms with E-state index in [1.165, 1.54) is 0 Å². The standard InChI is InChI=1S/C31H34BrClN2O2S/c32-25-14-12-24(13-15-25)22-35(30(36)11-6-20-38-28-18-16-26(33)17-19-28)29(21-23-7-2-1-3-8-23)31(37)34-27-9-4-5-10-27/h1-3,7-8,12-19,27,29H,4-6,9-11,20-22H2,(H,34,37)/t29-/m1/s1. The smallest absolute Gasteiger partial charge is 0.243 e. The van der Waals surface area contributed by atoms with Gasteiger partial charge in [0.15, 0.2) is 0 Å². The summed E-state index contributed by atoms with van der Waals surface area (Å²) in [5, 5.41) is 3.98. The van der Waals surface area contributed by atoms with Crippen LogP contribution in [0.5, 0.6) is 0 Å². The van der Waals surface area contributed by atoms with Crippen molar-refractivity contribution in [2.75, 3.05) is 5.75 Å². The Kier molecular flexibility index (Phi) is 11.2. The Morgan fingerprint density at radius 2 is 1.63 bits per heavy atom. The Hall–Kier alpha value is -2.28. The first-order chi connectivity index (χ1) is 18.5. The molecule has 1 atom stereocenters. The molecule has 3 aromatic rings. The van der Waals surface area contributed by atoms with E-state index in [4.69, 9.17) is 11.6 Å². The van der Waals surface area contributed by atoms with Gasteiger partial charge in [0.1, 0.15) is 6.04 Å². The van der Waals surface area contributed by atoms with Gasteiger partial charge in [-0.3, -0.25) is 9.59 Å². The van der Waals surface area contributed by atoms with Crippen LogP contribution in [0.25, 0.3) is 0 Å². The summed E-state index contributed by atoms with van der Waals surface area (Å²) in [5.74, 6) is 0.769. The number of rotatable bonds is 12. The van der Waals surface area contributed by atoms with Crippen LogP contribution in [0.15, 0.2) is 88.2 Å². The highest BCUT2D eigenvalue weighted by Crippen LogP contribution is 2.24. The minimum Gasteiger partial charge on any atom is -0.352 e. The summed E-state index contributed by atoms with van der Waals surface area (Å²) in [6.07, 6.45) is 5.90. The second kappa shape index (κ2) is 14.8. The van der Waals surface area contributed by atoms with Crippen molar-refractivity contribution in [3.8, 4) is 0 Å². The van der Waals surface area contributed by atoms with Crippen LogP contribution in [0, 0.1) is 0 Å². The molecule has 0 heterocycles. The van der Waals surface area contributed by atoms with Gasteiger partial charge >= 0.3 is 0 Å². The van der Waals surface area contributed by atoms with Crippen LogP contribution < -0.4 is 5.32 Å². The van der Waals surface area contributed by atoms with Crippen molar-refractivity contribution in [1.82, 2.24) is 10.2 Å². The van der Waals surface area contributed by atoms with Crippen LogP contribution >= 0.6 is 39.3 Å². The van der Waals surface area contributed by atoms with Crippen molar-refractivity contribution in [3.63, 3.8) is 0 Å². The van der Waals surface area contributed by atoms with Crippen LogP contribution in [0.4, 0.5) is 0 Å². The van der Waals surface area contributed by atoms with E-state index in [0.717, 1.165) is 58.4 Å². The SMILES string of the molecule is O=C(NC1CCCC1)[C@@H](Cc1ccccc1)N(Cc1ccc(Br)cc1)C(=O)CCCSc1ccc(Cl)cc1. The number of nitrogens with one attached hydrogen (secondary N) is 1. The highest BCUT2D eigenvalue weighted by Gasteiger charge is 2.31. The van der Waals surface area contributed by atoms with Crippen molar-refractivity contribution in [2.24, 2.45) is 0 Å². The Bertz CT molecular complexity index is 1170. The third-order valence-corrected chi connectivity index (χ3v) is 8.74. The highest BCUT2D eigenvalue weighted by atomic mass is 79.9. The Morgan fingerprint density at radius 1 is 0.947 bits per heavy atom. The van der Waals surface area contributed by atoms with Gasteiger partial charge in [-0.05, 0) is 72.5 Å². The molecule has 1 saturated carbocycles. The summed E-state index contributed by atoms with van der Waals surface area (Å²) in [6, 6.07) is 25.4. The third-order valence-electron chi connectivity index (χ3n) is 6.86. The first-order valence-corrected chi connectivity index (χ1v) is 15.4. The number of amides is 2. The zero-order chi connectivity index (χ0) is 26.7. The minimum absolute atomic E-state index is 0.00660. The zero-order valence-corrected chi connectivity index (χ0v) is 24.6. The Labute approximate surface area is 243 Å². The fourth-order valence-electron chi connectivity index (χ4n) is 4.80. The molecule has 0 aliphatic heterocycles. The van der Waals surface area contributed by atoms with Crippen LogP contribution in [0.1, 0.15) is 49.7 Å². The first kappa shape index (κ1) is 28.7. The maximum absolute atomic E-state index is 13.8. The number of benzene rings is 3. The monoisotopic (exact) mass is 612 g/mol. The quantitative estimate of drug-likeness (QED) is 0.168. The fraction of sp³-hybridized carbons (Fsp3) is 0.355. The van der Waals surface area contributed by atoms with E-state index in [9.17, 15) is 9.59 Å². The maximum atomic E-state index is 13.8. The van der Waals surface area contributed by atoms with E-state index in [-0.39, 0.29) is 17.9 Å². The second-order valence-corrected chi connectivity index (χ2v) is 12.3. The van der Waals surface area contributed by atoms with Crippen molar-refractivity contribution in [2.45, 2.75) is 68.5 Å². The number of hydrogen-bond donors (Lipinski definition) is 1. The Morgan fingerprint density at radius 3 is 2.32 bits per heavy atom. The molecule has 1 fully saturated rings. The average Bonchev–Trinajstić information content (AvgIpc) is 3.44. The largest absolute Gasteiger partial charge is 0.352 e. The molecule has 0 aromatic heterocycles. The third kappa shape index (κ3) is 8.89. The summed E-state index contributed by atoms with van der Waals surface area (Å²) in [4.78, 5) is 30.4. The van der Waals surface area contributed by atoms with Gasteiger partial charge in [0.25, 0.3) is 0 Å². The van der Waals surface area contributed by atoms with Gasteiger partial charge < -0.3 is 10.2 Å². The molecule has 7 heteroatoms. The van der Waals surface area contributed by atoms with Gasteiger partial charge in [-0.2, -0.15) is 0 Å². The van der Waals surface area contributed by atoms with Gasteiger partial charge in [0, 0.05) is 39.8 Å². The summed E-state index contributed by atoms with van der Waals surface area (Å²) < 4.78 is 0.984. The number of nitrogens with zero attached hydrogens (tertiary/aromatic N) is 1. The predicted octanol–water partition coefficient (Wildman–Crippen LogP) is 7.67. The van der Waals surface area contributed by atoms with Gasteiger partial charge in [0.05, 0.1) is 0 Å². The number of carbonyl (C=O) groups is 2. The molecule has 1 aliphatic rings. The molecule has 3 aromatic carbocycles. The normalized spacial score (nSPS) is 14.3. The molecule has 0 bridgehead atoms. The molecule has 38 heavy (non-hydrogen) atoms. The van der Waals surface area contributed by atoms with Crippen molar-refractivity contribution in [3.05, 3.63) is 99.5 Å². The first-order valence-electron chi connectivity index (χ1n) is 13.2. The molecule has 0 saturated heterocycles. The lowest BCUT2D eigenvalue weighted by Crippen LogP contribution is -2.52. The van der Waals surface area contributed by atoms with Gasteiger partial charge in [-0.25, -0.2) is 0 Å². The molecule has 0 spiro atoms. The second-order valence-electron chi connectivity index (χ2n) is 9.75. The van der Waals surface area contributed by atoms with E-state index in [2.05, 4.69) is 21.2 Å². The minimum atomic E-state index is -0.571. The molecule has 4 nitrogen and oxygen atoms in total. The number of carbonyl (C=O) groups excluding carboxylic acids is 2. The van der Waals surface area contributed by atoms with Gasteiger partial charge in [-0.1, -0.05) is 82.8 Å². The van der Waals surface area contributed by atoms with Gasteiger partial charge in [0.2, 0.25) is 11.8 Å². The Balaban J connectivity index is 1.50. The molecule has 4 rings (SSSR count). The van der Waals surface area contributed by atoms with Crippen LogP contribution in [-0.2, 0) is 22.6 Å². The lowest BCUT2D eigenvalue weighted by molar-refractivity contribution is -0.141. The molecule has 1 N–H and O–H groups in total. The van der Waals surface area contributed by atoms with Crippen molar-refractivity contribution < 1.29 is 9.59 Å². The van der Waals surface area contributed by atoms with E-state index >= 15 is 0 Å². The average molecular weight is 614 g/mol. The molecular weight excluding hydrogens is 580 g/mol. The van der Waals surface area contributed by atoms with Crippen LogP contribution in [0.2, 0.25) is 5.02 Å².